The van der Waals surface area contributed by atoms with Crippen LogP contribution in [0, 0.1) is 6.92 Å². The third-order valence-corrected chi connectivity index (χ3v) is 6.29. The van der Waals surface area contributed by atoms with Gasteiger partial charge in [0.15, 0.2) is 6.61 Å². The van der Waals surface area contributed by atoms with E-state index in [2.05, 4.69) is 10.6 Å². The van der Waals surface area contributed by atoms with Crippen molar-refractivity contribution >= 4 is 33.2 Å². The molecule has 2 N–H and O–H groups in total. The number of hydrogen-bond acceptors (Lipinski definition) is 6. The number of rotatable bonds is 6. The number of sulfonamides is 1. The minimum atomic E-state index is -3.97. The molecule has 0 aliphatic carbocycles. The highest BCUT2D eigenvalue weighted by atomic mass is 32.2. The molecule has 1 aliphatic heterocycles. The summed E-state index contributed by atoms with van der Waals surface area (Å²) in [6.07, 6.45) is 0. The molecular weight excluding hydrogens is 398 g/mol. The maximum atomic E-state index is 13.0. The fourth-order valence-electron chi connectivity index (χ4n) is 2.89. The minimum Gasteiger partial charge on any atom is -0.495 e. The first-order chi connectivity index (χ1) is 13.7. The summed E-state index contributed by atoms with van der Waals surface area (Å²) >= 11 is 0. The highest BCUT2D eigenvalue weighted by Gasteiger charge is 2.28. The first-order valence-corrected chi connectivity index (χ1v) is 10.1. The van der Waals surface area contributed by atoms with Crippen LogP contribution in [0.25, 0.3) is 0 Å². The van der Waals surface area contributed by atoms with Crippen LogP contribution in [0.4, 0.5) is 11.4 Å². The van der Waals surface area contributed by atoms with Crippen molar-refractivity contribution in [2.45, 2.75) is 11.8 Å². The molecule has 29 heavy (non-hydrogen) atoms. The molecule has 154 valence electrons. The Bertz CT molecular complexity index is 1070. The SMILES string of the molecule is COc1ccccc1NC(=O)CN(C)S(=O)(=O)c1cc2c(cc1C)NC(=O)CO2. The summed E-state index contributed by atoms with van der Waals surface area (Å²) in [5, 5.41) is 5.27. The number of para-hydroxylation sites is 2. The zero-order chi connectivity index (χ0) is 21.2. The van der Waals surface area contributed by atoms with Gasteiger partial charge >= 0.3 is 0 Å². The number of carbonyl (C=O) groups is 2. The number of fused-ring (bicyclic) bond motifs is 1. The highest BCUT2D eigenvalue weighted by Crippen LogP contribution is 2.33. The van der Waals surface area contributed by atoms with Crippen LogP contribution < -0.4 is 20.1 Å². The van der Waals surface area contributed by atoms with E-state index in [-0.39, 0.29) is 23.2 Å². The number of nitrogens with one attached hydrogen (secondary N) is 2. The summed E-state index contributed by atoms with van der Waals surface area (Å²) < 4.78 is 37.4. The van der Waals surface area contributed by atoms with E-state index in [1.807, 2.05) is 0 Å². The third kappa shape index (κ3) is 4.33. The van der Waals surface area contributed by atoms with E-state index in [0.717, 1.165) is 4.31 Å². The lowest BCUT2D eigenvalue weighted by molar-refractivity contribution is -0.118. The third-order valence-electron chi connectivity index (χ3n) is 4.35. The standard InChI is InChI=1S/C19H21N3O6S/c1-12-8-14-16(28-11-19(24)21-14)9-17(12)29(25,26)22(2)10-18(23)20-13-6-4-5-7-15(13)27-3/h4-9H,10-11H2,1-3H3,(H,20,23)(H,21,24). The van der Waals surface area contributed by atoms with Gasteiger partial charge in [-0.3, -0.25) is 9.59 Å². The van der Waals surface area contributed by atoms with Crippen molar-refractivity contribution in [3.63, 3.8) is 0 Å². The van der Waals surface area contributed by atoms with Crippen molar-refractivity contribution < 1.29 is 27.5 Å². The summed E-state index contributed by atoms with van der Waals surface area (Å²) in [7, 11) is -1.18. The first-order valence-electron chi connectivity index (χ1n) is 8.69. The fourth-order valence-corrected chi connectivity index (χ4v) is 4.23. The van der Waals surface area contributed by atoms with Gasteiger partial charge in [0.2, 0.25) is 15.9 Å². The summed E-state index contributed by atoms with van der Waals surface area (Å²) in [5.74, 6) is -0.0888. The molecule has 1 aliphatic rings. The average Bonchev–Trinajstić information content (AvgIpc) is 2.67. The van der Waals surface area contributed by atoms with Crippen molar-refractivity contribution in [3.8, 4) is 11.5 Å². The smallest absolute Gasteiger partial charge is 0.262 e. The van der Waals surface area contributed by atoms with Crippen LogP contribution in [-0.4, -0.2) is 51.8 Å². The Balaban J connectivity index is 1.79. The van der Waals surface area contributed by atoms with Gasteiger partial charge in [0, 0.05) is 13.1 Å². The number of ether oxygens (including phenoxy) is 2. The Labute approximate surface area is 168 Å². The van der Waals surface area contributed by atoms with Crippen molar-refractivity contribution in [1.29, 1.82) is 0 Å². The lowest BCUT2D eigenvalue weighted by Gasteiger charge is -2.22. The number of likely N-dealkylation sites (N-methyl/N-ethyl adjacent to an activating group) is 1. The Kier molecular flexibility index (Phi) is 5.76. The second-order valence-electron chi connectivity index (χ2n) is 6.46. The molecule has 0 spiro atoms. The van der Waals surface area contributed by atoms with E-state index in [1.54, 1.807) is 31.2 Å². The van der Waals surface area contributed by atoms with Gasteiger partial charge in [0.05, 0.1) is 29.9 Å². The quantitative estimate of drug-likeness (QED) is 0.735. The van der Waals surface area contributed by atoms with Crippen LogP contribution in [0.5, 0.6) is 11.5 Å². The maximum absolute atomic E-state index is 13.0. The van der Waals surface area contributed by atoms with Crippen LogP contribution in [-0.2, 0) is 19.6 Å². The molecular formula is C19H21N3O6S. The Hall–Kier alpha value is -3.11. The normalized spacial score (nSPS) is 13.3. The highest BCUT2D eigenvalue weighted by molar-refractivity contribution is 7.89. The van der Waals surface area contributed by atoms with Crippen molar-refractivity contribution in [1.82, 2.24) is 4.31 Å². The molecule has 9 nitrogen and oxygen atoms in total. The van der Waals surface area contributed by atoms with E-state index in [4.69, 9.17) is 9.47 Å². The van der Waals surface area contributed by atoms with E-state index in [0.29, 0.717) is 22.7 Å². The zero-order valence-corrected chi connectivity index (χ0v) is 17.0. The van der Waals surface area contributed by atoms with Crippen LogP contribution >= 0.6 is 0 Å². The Morgan fingerprint density at radius 2 is 2.03 bits per heavy atom. The molecule has 2 aromatic rings. The number of benzene rings is 2. The van der Waals surface area contributed by atoms with Gasteiger partial charge < -0.3 is 20.1 Å². The van der Waals surface area contributed by atoms with Gasteiger partial charge in [-0.1, -0.05) is 12.1 Å². The molecule has 2 amide bonds. The second kappa shape index (κ2) is 8.10. The molecule has 3 rings (SSSR count). The largest absolute Gasteiger partial charge is 0.495 e. The molecule has 0 aromatic heterocycles. The van der Waals surface area contributed by atoms with Crippen molar-refractivity contribution in [2.75, 3.05) is 37.9 Å². The van der Waals surface area contributed by atoms with Gasteiger partial charge in [-0.05, 0) is 30.7 Å². The summed E-state index contributed by atoms with van der Waals surface area (Å²) in [5.41, 5.74) is 1.28. The summed E-state index contributed by atoms with van der Waals surface area (Å²) in [6.45, 7) is 1.03. The van der Waals surface area contributed by atoms with Crippen LogP contribution in [0.15, 0.2) is 41.3 Å². The topological polar surface area (TPSA) is 114 Å². The monoisotopic (exact) mass is 419 g/mol. The van der Waals surface area contributed by atoms with Crippen molar-refractivity contribution in [3.05, 3.63) is 42.0 Å². The predicted molar refractivity (Wildman–Crippen MR) is 107 cm³/mol. The molecule has 2 aromatic carbocycles. The molecule has 0 saturated carbocycles. The molecule has 0 bridgehead atoms. The number of methoxy groups -OCH3 is 1. The number of carbonyl (C=O) groups excluding carboxylic acids is 2. The summed E-state index contributed by atoms with van der Waals surface area (Å²) in [4.78, 5) is 23.8. The predicted octanol–water partition coefficient (Wildman–Crippen LogP) is 1.59. The van der Waals surface area contributed by atoms with Gasteiger partial charge in [-0.15, -0.1) is 0 Å². The zero-order valence-electron chi connectivity index (χ0n) is 16.2. The molecule has 0 atom stereocenters. The minimum absolute atomic E-state index is 0.00000866. The molecule has 0 unspecified atom stereocenters. The van der Waals surface area contributed by atoms with Crippen LogP contribution in [0.1, 0.15) is 5.56 Å². The van der Waals surface area contributed by atoms with E-state index in [1.165, 1.54) is 26.3 Å². The van der Waals surface area contributed by atoms with Crippen LogP contribution in [0.2, 0.25) is 0 Å². The fraction of sp³-hybridized carbons (Fsp3) is 0.263. The molecule has 10 heteroatoms. The lowest BCUT2D eigenvalue weighted by atomic mass is 10.2. The number of anilines is 2. The molecule has 1 heterocycles. The maximum Gasteiger partial charge on any atom is 0.262 e. The molecule has 0 radical (unpaired) electrons. The average molecular weight is 419 g/mol. The first kappa shape index (κ1) is 20.6. The van der Waals surface area contributed by atoms with E-state index in [9.17, 15) is 18.0 Å². The second-order valence-corrected chi connectivity index (χ2v) is 8.47. The van der Waals surface area contributed by atoms with Gasteiger partial charge in [0.25, 0.3) is 5.91 Å². The van der Waals surface area contributed by atoms with E-state index < -0.39 is 22.5 Å². The Morgan fingerprint density at radius 3 is 2.76 bits per heavy atom. The molecule has 0 fully saturated rings. The summed E-state index contributed by atoms with van der Waals surface area (Å²) in [6, 6.07) is 9.72. The Morgan fingerprint density at radius 1 is 1.31 bits per heavy atom. The number of hydrogen-bond donors (Lipinski definition) is 2. The number of aryl methyl sites for hydroxylation is 1. The van der Waals surface area contributed by atoms with Crippen LogP contribution in [0.3, 0.4) is 0 Å². The molecule has 0 saturated heterocycles. The lowest BCUT2D eigenvalue weighted by Crippen LogP contribution is -2.35. The number of nitrogens with zero attached hydrogens (tertiary/aromatic N) is 1. The van der Waals surface area contributed by atoms with Gasteiger partial charge in [0.1, 0.15) is 11.5 Å². The van der Waals surface area contributed by atoms with Gasteiger partial charge in [-0.2, -0.15) is 4.31 Å². The van der Waals surface area contributed by atoms with Gasteiger partial charge in [-0.25, -0.2) is 8.42 Å². The number of amides is 2. The van der Waals surface area contributed by atoms with E-state index >= 15 is 0 Å². The van der Waals surface area contributed by atoms with Crippen molar-refractivity contribution in [2.24, 2.45) is 0 Å².